The lowest BCUT2D eigenvalue weighted by Gasteiger charge is -2.18. The lowest BCUT2D eigenvalue weighted by molar-refractivity contribution is 0.0788. The minimum Gasteiger partial charge on any atom is -0.496 e. The molecule has 0 bridgehead atoms. The predicted molar refractivity (Wildman–Crippen MR) is 105 cm³/mol. The molecule has 140 valence electrons. The molecule has 7 heteroatoms. The molecule has 2 heterocycles. The zero-order chi connectivity index (χ0) is 19.0. The van der Waals surface area contributed by atoms with E-state index in [9.17, 15) is 9.18 Å². The molecule has 5 nitrogen and oxygen atoms in total. The number of amides is 1. The van der Waals surface area contributed by atoms with E-state index < -0.39 is 0 Å². The van der Waals surface area contributed by atoms with Crippen molar-refractivity contribution in [1.82, 2.24) is 9.88 Å². The summed E-state index contributed by atoms with van der Waals surface area (Å²) >= 11 is 1.43. The molecule has 1 saturated heterocycles. The third kappa shape index (κ3) is 3.60. The number of aromatic nitrogens is 1. The number of carbonyl (C=O) groups excluding carboxylic acids is 1. The summed E-state index contributed by atoms with van der Waals surface area (Å²) in [6.07, 6.45) is 0.837. The summed E-state index contributed by atoms with van der Waals surface area (Å²) in [6, 6.07) is 10.3. The Morgan fingerprint density at radius 3 is 3.00 bits per heavy atom. The van der Waals surface area contributed by atoms with Gasteiger partial charge in [-0.2, -0.15) is 0 Å². The number of methoxy groups -OCH3 is 1. The van der Waals surface area contributed by atoms with Crippen molar-refractivity contribution in [2.24, 2.45) is 0 Å². The van der Waals surface area contributed by atoms with Crippen LogP contribution in [-0.4, -0.2) is 42.0 Å². The molecule has 1 aliphatic heterocycles. The lowest BCUT2D eigenvalue weighted by Crippen LogP contribution is -2.31. The van der Waals surface area contributed by atoms with Gasteiger partial charge in [0.05, 0.1) is 22.9 Å². The van der Waals surface area contributed by atoms with Gasteiger partial charge in [-0.3, -0.25) is 4.79 Å². The molecule has 4 rings (SSSR count). The first-order valence-corrected chi connectivity index (χ1v) is 9.61. The van der Waals surface area contributed by atoms with Gasteiger partial charge in [0.2, 0.25) is 0 Å². The maximum atomic E-state index is 13.3. The number of likely N-dealkylation sites (tertiary alicyclic amines) is 1. The molecule has 1 amide bonds. The van der Waals surface area contributed by atoms with Gasteiger partial charge in [-0.15, -0.1) is 0 Å². The molecule has 0 aliphatic carbocycles. The average Bonchev–Trinajstić information content (AvgIpc) is 3.27. The molecule has 2 aromatic carbocycles. The van der Waals surface area contributed by atoms with Gasteiger partial charge in [-0.25, -0.2) is 9.37 Å². The normalized spacial score (nSPS) is 16.7. The summed E-state index contributed by atoms with van der Waals surface area (Å²) in [4.78, 5) is 19.3. The van der Waals surface area contributed by atoms with Crippen molar-refractivity contribution in [3.63, 3.8) is 0 Å². The number of benzene rings is 2. The number of thiazole rings is 1. The number of carbonyl (C=O) groups is 1. The SMILES string of the molecule is COc1ccc(C)cc1C(=O)N1CC[C@@H](Nc2nc3ccc(F)cc3s2)C1. The summed E-state index contributed by atoms with van der Waals surface area (Å²) < 4.78 is 19.5. The van der Waals surface area contributed by atoms with Gasteiger partial charge in [0.25, 0.3) is 5.91 Å². The molecule has 0 radical (unpaired) electrons. The third-order valence-electron chi connectivity index (χ3n) is 4.74. The Hall–Kier alpha value is -2.67. The zero-order valence-electron chi connectivity index (χ0n) is 15.2. The topological polar surface area (TPSA) is 54.5 Å². The predicted octanol–water partition coefficient (Wildman–Crippen LogP) is 4.08. The van der Waals surface area contributed by atoms with Crippen LogP contribution < -0.4 is 10.1 Å². The van der Waals surface area contributed by atoms with Crippen molar-refractivity contribution in [3.8, 4) is 5.75 Å². The summed E-state index contributed by atoms with van der Waals surface area (Å²) in [5, 5.41) is 4.14. The van der Waals surface area contributed by atoms with Crippen LogP contribution in [0.15, 0.2) is 36.4 Å². The van der Waals surface area contributed by atoms with Crippen molar-refractivity contribution < 1.29 is 13.9 Å². The number of fused-ring (bicyclic) bond motifs is 1. The van der Waals surface area contributed by atoms with Crippen LogP contribution in [0.5, 0.6) is 5.75 Å². The van der Waals surface area contributed by atoms with Crippen LogP contribution in [0.4, 0.5) is 9.52 Å². The number of rotatable bonds is 4. The monoisotopic (exact) mass is 385 g/mol. The molecule has 1 aliphatic rings. The number of anilines is 1. The summed E-state index contributed by atoms with van der Waals surface area (Å²) in [5.74, 6) is 0.309. The van der Waals surface area contributed by atoms with Crippen molar-refractivity contribution >= 4 is 32.6 Å². The molecule has 1 fully saturated rings. The van der Waals surface area contributed by atoms with E-state index in [1.807, 2.05) is 30.0 Å². The first-order chi connectivity index (χ1) is 13.0. The highest BCUT2D eigenvalue weighted by molar-refractivity contribution is 7.22. The van der Waals surface area contributed by atoms with E-state index in [-0.39, 0.29) is 17.8 Å². The molecule has 0 saturated carbocycles. The summed E-state index contributed by atoms with van der Waals surface area (Å²) in [5.41, 5.74) is 2.39. The number of nitrogens with one attached hydrogen (secondary N) is 1. The molecule has 3 aromatic rings. The Morgan fingerprint density at radius 2 is 2.19 bits per heavy atom. The Balaban J connectivity index is 1.46. The van der Waals surface area contributed by atoms with Crippen LogP contribution in [0.1, 0.15) is 22.3 Å². The Labute approximate surface area is 160 Å². The summed E-state index contributed by atoms with van der Waals surface area (Å²) in [7, 11) is 1.58. The van der Waals surface area contributed by atoms with Crippen LogP contribution in [0, 0.1) is 12.7 Å². The van der Waals surface area contributed by atoms with Crippen LogP contribution in [-0.2, 0) is 0 Å². The first-order valence-electron chi connectivity index (χ1n) is 8.80. The van der Waals surface area contributed by atoms with Gasteiger partial charge in [0, 0.05) is 19.1 Å². The van der Waals surface area contributed by atoms with E-state index >= 15 is 0 Å². The van der Waals surface area contributed by atoms with E-state index in [1.54, 1.807) is 13.2 Å². The largest absolute Gasteiger partial charge is 0.496 e. The van der Waals surface area contributed by atoms with Crippen molar-refractivity contribution in [3.05, 3.63) is 53.3 Å². The highest BCUT2D eigenvalue weighted by Gasteiger charge is 2.29. The number of nitrogens with zero attached hydrogens (tertiary/aromatic N) is 2. The van der Waals surface area contributed by atoms with Crippen molar-refractivity contribution in [1.29, 1.82) is 0 Å². The van der Waals surface area contributed by atoms with Crippen LogP contribution in [0.2, 0.25) is 0 Å². The maximum absolute atomic E-state index is 13.3. The molecule has 0 unspecified atom stereocenters. The van der Waals surface area contributed by atoms with E-state index in [4.69, 9.17) is 4.74 Å². The smallest absolute Gasteiger partial charge is 0.257 e. The van der Waals surface area contributed by atoms with E-state index in [1.165, 1.54) is 23.5 Å². The highest BCUT2D eigenvalue weighted by Crippen LogP contribution is 2.29. The Bertz CT molecular complexity index is 1000. The van der Waals surface area contributed by atoms with E-state index in [0.29, 0.717) is 24.4 Å². The fourth-order valence-electron chi connectivity index (χ4n) is 3.36. The second kappa shape index (κ2) is 7.15. The van der Waals surface area contributed by atoms with Crippen molar-refractivity contribution in [2.75, 3.05) is 25.5 Å². The number of ether oxygens (including phenoxy) is 1. The van der Waals surface area contributed by atoms with Gasteiger partial charge in [-0.05, 0) is 43.7 Å². The van der Waals surface area contributed by atoms with Crippen LogP contribution in [0.3, 0.4) is 0 Å². The molecule has 1 atom stereocenters. The Morgan fingerprint density at radius 1 is 1.33 bits per heavy atom. The lowest BCUT2D eigenvalue weighted by atomic mass is 10.1. The fraction of sp³-hybridized carbons (Fsp3) is 0.300. The van der Waals surface area contributed by atoms with Gasteiger partial charge in [-0.1, -0.05) is 23.0 Å². The number of aryl methyl sites for hydroxylation is 1. The van der Waals surface area contributed by atoms with Crippen molar-refractivity contribution in [2.45, 2.75) is 19.4 Å². The maximum Gasteiger partial charge on any atom is 0.257 e. The number of halogens is 1. The fourth-order valence-corrected chi connectivity index (χ4v) is 4.32. The minimum atomic E-state index is -0.262. The quantitative estimate of drug-likeness (QED) is 0.735. The second-order valence-corrected chi connectivity index (χ2v) is 7.75. The number of hydrogen-bond acceptors (Lipinski definition) is 5. The van der Waals surface area contributed by atoms with Gasteiger partial charge < -0.3 is 15.0 Å². The second-order valence-electron chi connectivity index (χ2n) is 6.72. The zero-order valence-corrected chi connectivity index (χ0v) is 16.0. The third-order valence-corrected chi connectivity index (χ3v) is 5.69. The molecule has 1 aromatic heterocycles. The van der Waals surface area contributed by atoms with Gasteiger partial charge in [0.1, 0.15) is 11.6 Å². The van der Waals surface area contributed by atoms with E-state index in [0.717, 1.165) is 27.3 Å². The van der Waals surface area contributed by atoms with Crippen LogP contribution in [0.25, 0.3) is 10.2 Å². The average molecular weight is 385 g/mol. The van der Waals surface area contributed by atoms with Gasteiger partial charge >= 0.3 is 0 Å². The molecule has 0 spiro atoms. The minimum absolute atomic E-state index is 0.0220. The molecular weight excluding hydrogens is 365 g/mol. The summed E-state index contributed by atoms with van der Waals surface area (Å²) in [6.45, 7) is 3.23. The number of hydrogen-bond donors (Lipinski definition) is 1. The first kappa shape index (κ1) is 17.7. The molecular formula is C20H20FN3O2S. The molecule has 1 N–H and O–H groups in total. The van der Waals surface area contributed by atoms with Gasteiger partial charge in [0.15, 0.2) is 5.13 Å². The molecule has 27 heavy (non-hydrogen) atoms. The highest BCUT2D eigenvalue weighted by atomic mass is 32.1. The Kier molecular flexibility index (Phi) is 4.70. The standard InChI is InChI=1S/C20H20FN3O2S/c1-12-3-6-17(26-2)15(9-12)19(25)24-8-7-14(11-24)22-20-23-16-5-4-13(21)10-18(16)27-20/h3-6,9-10,14H,7-8,11H2,1-2H3,(H,22,23)/t14-/m1/s1. The van der Waals surface area contributed by atoms with Crippen LogP contribution >= 0.6 is 11.3 Å². The van der Waals surface area contributed by atoms with E-state index in [2.05, 4.69) is 10.3 Å².